The zero-order valence-electron chi connectivity index (χ0n) is 15.0. The summed E-state index contributed by atoms with van der Waals surface area (Å²) in [5.41, 5.74) is 3.03. The first-order valence-corrected chi connectivity index (χ1v) is 8.64. The van der Waals surface area contributed by atoms with Crippen molar-refractivity contribution >= 4 is 11.8 Å². The van der Waals surface area contributed by atoms with E-state index < -0.39 is 0 Å². The van der Waals surface area contributed by atoms with Crippen molar-refractivity contribution in [2.24, 2.45) is 0 Å². The normalized spacial score (nSPS) is 12.8. The molecule has 1 aliphatic rings. The van der Waals surface area contributed by atoms with E-state index in [1.54, 1.807) is 23.4 Å². The second-order valence-corrected chi connectivity index (χ2v) is 6.11. The van der Waals surface area contributed by atoms with Gasteiger partial charge >= 0.3 is 0 Å². The summed E-state index contributed by atoms with van der Waals surface area (Å²) in [7, 11) is 1.54. The maximum atomic E-state index is 12.3. The molecule has 7 heteroatoms. The van der Waals surface area contributed by atoms with Gasteiger partial charge in [0, 0.05) is 37.5 Å². The van der Waals surface area contributed by atoms with Gasteiger partial charge in [0.1, 0.15) is 0 Å². The minimum Gasteiger partial charge on any atom is -0.481 e. The number of nitrogens with zero attached hydrogens (tertiary/aromatic N) is 3. The smallest absolute Gasteiger partial charge is 0.256 e. The number of hydrogen-bond acceptors (Lipinski definition) is 5. The van der Waals surface area contributed by atoms with Gasteiger partial charge in [-0.05, 0) is 31.0 Å². The molecule has 0 saturated carbocycles. The largest absolute Gasteiger partial charge is 0.481 e. The number of carbonyl (C=O) groups excluding carboxylic acids is 2. The van der Waals surface area contributed by atoms with Crippen LogP contribution in [-0.4, -0.2) is 40.3 Å². The second kappa shape index (κ2) is 7.95. The van der Waals surface area contributed by atoms with E-state index in [-0.39, 0.29) is 18.4 Å². The van der Waals surface area contributed by atoms with Crippen LogP contribution in [0.2, 0.25) is 0 Å². The van der Waals surface area contributed by atoms with Crippen LogP contribution in [0.3, 0.4) is 0 Å². The first-order chi connectivity index (χ1) is 12.6. The molecule has 1 aliphatic heterocycles. The summed E-state index contributed by atoms with van der Waals surface area (Å²) in [4.78, 5) is 34.7. The molecule has 26 heavy (non-hydrogen) atoms. The number of nitrogens with one attached hydrogen (secondary N) is 1. The van der Waals surface area contributed by atoms with E-state index in [1.807, 2.05) is 19.1 Å². The highest BCUT2D eigenvalue weighted by Gasteiger charge is 2.29. The Labute approximate surface area is 152 Å². The van der Waals surface area contributed by atoms with Crippen LogP contribution in [-0.2, 0) is 24.3 Å². The van der Waals surface area contributed by atoms with Gasteiger partial charge in [0.15, 0.2) is 0 Å². The number of ether oxygens (including phenoxy) is 1. The van der Waals surface area contributed by atoms with E-state index >= 15 is 0 Å². The van der Waals surface area contributed by atoms with E-state index in [9.17, 15) is 9.59 Å². The van der Waals surface area contributed by atoms with E-state index in [2.05, 4.69) is 15.3 Å². The molecule has 2 aromatic rings. The third kappa shape index (κ3) is 3.82. The average Bonchev–Trinajstić information content (AvgIpc) is 2.99. The zero-order chi connectivity index (χ0) is 18.5. The highest BCUT2D eigenvalue weighted by molar-refractivity contribution is 5.98. The Kier molecular flexibility index (Phi) is 5.46. The lowest BCUT2D eigenvalue weighted by Gasteiger charge is -2.10. The summed E-state index contributed by atoms with van der Waals surface area (Å²) in [6.45, 7) is 3.34. The summed E-state index contributed by atoms with van der Waals surface area (Å²) < 4.78 is 5.34. The predicted octanol–water partition coefficient (Wildman–Crippen LogP) is 1.71. The van der Waals surface area contributed by atoms with Gasteiger partial charge in [-0.15, -0.1) is 0 Å². The first-order valence-electron chi connectivity index (χ1n) is 8.64. The molecule has 3 heterocycles. The minimum atomic E-state index is -0.0714. The van der Waals surface area contributed by atoms with E-state index in [4.69, 9.17) is 4.74 Å². The number of aryl methyl sites for hydroxylation is 1. The summed E-state index contributed by atoms with van der Waals surface area (Å²) in [6, 6.07) is 5.57. The monoisotopic (exact) mass is 354 g/mol. The van der Waals surface area contributed by atoms with Gasteiger partial charge in [-0.3, -0.25) is 14.6 Å². The van der Waals surface area contributed by atoms with Gasteiger partial charge in [-0.25, -0.2) is 4.98 Å². The van der Waals surface area contributed by atoms with Crippen LogP contribution in [0.4, 0.5) is 0 Å². The highest BCUT2D eigenvalue weighted by atomic mass is 16.5. The molecule has 2 aromatic heterocycles. The number of rotatable bonds is 7. The van der Waals surface area contributed by atoms with E-state index in [0.717, 1.165) is 11.3 Å². The molecule has 0 fully saturated rings. The third-order valence-electron chi connectivity index (χ3n) is 4.41. The van der Waals surface area contributed by atoms with Gasteiger partial charge in [0.05, 0.1) is 24.9 Å². The molecule has 3 rings (SSSR count). The fraction of sp³-hybridized carbons (Fsp3) is 0.368. The Balaban J connectivity index is 1.63. The van der Waals surface area contributed by atoms with Crippen LogP contribution >= 0.6 is 0 Å². The number of methoxy groups -OCH3 is 1. The Morgan fingerprint density at radius 3 is 2.96 bits per heavy atom. The molecule has 2 amide bonds. The number of hydrogen-bond donors (Lipinski definition) is 1. The SMILES string of the molecule is CCN1Cc2nc(OC)c(CNC(=O)CCc3cccnc3)cc2C1=O. The van der Waals surface area contributed by atoms with Crippen molar-refractivity contribution in [2.45, 2.75) is 32.9 Å². The molecule has 0 aliphatic carbocycles. The van der Waals surface area contributed by atoms with Crippen molar-refractivity contribution in [3.63, 3.8) is 0 Å². The Morgan fingerprint density at radius 2 is 2.27 bits per heavy atom. The number of amides is 2. The van der Waals surface area contributed by atoms with Gasteiger partial charge < -0.3 is 15.0 Å². The lowest BCUT2D eigenvalue weighted by Crippen LogP contribution is -2.24. The molecule has 0 atom stereocenters. The van der Waals surface area contributed by atoms with Crippen LogP contribution in [0.1, 0.15) is 40.5 Å². The topological polar surface area (TPSA) is 84.4 Å². The van der Waals surface area contributed by atoms with E-state index in [1.165, 1.54) is 7.11 Å². The van der Waals surface area contributed by atoms with Gasteiger partial charge in [0.25, 0.3) is 5.91 Å². The second-order valence-electron chi connectivity index (χ2n) is 6.11. The molecule has 1 N–H and O–H groups in total. The van der Waals surface area contributed by atoms with Crippen molar-refractivity contribution in [1.29, 1.82) is 0 Å². The van der Waals surface area contributed by atoms with Gasteiger partial charge in [0.2, 0.25) is 11.8 Å². The molecule has 0 saturated heterocycles. The van der Waals surface area contributed by atoms with E-state index in [0.29, 0.717) is 42.9 Å². The molecule has 0 radical (unpaired) electrons. The van der Waals surface area contributed by atoms with Crippen LogP contribution in [0.25, 0.3) is 0 Å². The van der Waals surface area contributed by atoms with Gasteiger partial charge in [-0.1, -0.05) is 6.07 Å². The molecule has 136 valence electrons. The molecule has 0 aromatic carbocycles. The van der Waals surface area contributed by atoms with Crippen LogP contribution in [0, 0.1) is 0 Å². The molecular weight excluding hydrogens is 332 g/mol. The standard InChI is InChI=1S/C19H22N4O3/c1-3-23-12-16-15(19(23)25)9-14(18(22-16)26-2)11-21-17(24)7-6-13-5-4-8-20-10-13/h4-5,8-10H,3,6-7,11-12H2,1-2H3,(H,21,24). The summed E-state index contributed by atoms with van der Waals surface area (Å²) in [5.74, 6) is 0.349. The quantitative estimate of drug-likeness (QED) is 0.818. The average molecular weight is 354 g/mol. The number of pyridine rings is 2. The maximum absolute atomic E-state index is 12.3. The first kappa shape index (κ1) is 17.8. The summed E-state index contributed by atoms with van der Waals surface area (Å²) in [5, 5.41) is 2.87. The lowest BCUT2D eigenvalue weighted by molar-refractivity contribution is -0.121. The predicted molar refractivity (Wildman–Crippen MR) is 95.6 cm³/mol. The number of aromatic nitrogens is 2. The van der Waals surface area contributed by atoms with Crippen molar-refractivity contribution in [2.75, 3.05) is 13.7 Å². The fourth-order valence-corrected chi connectivity index (χ4v) is 2.95. The van der Waals surface area contributed by atoms with Crippen molar-refractivity contribution in [3.8, 4) is 5.88 Å². The van der Waals surface area contributed by atoms with Gasteiger partial charge in [-0.2, -0.15) is 0 Å². The zero-order valence-corrected chi connectivity index (χ0v) is 15.0. The highest BCUT2D eigenvalue weighted by Crippen LogP contribution is 2.26. The molecule has 7 nitrogen and oxygen atoms in total. The third-order valence-corrected chi connectivity index (χ3v) is 4.41. The van der Waals surface area contributed by atoms with Crippen molar-refractivity contribution < 1.29 is 14.3 Å². The number of carbonyl (C=O) groups is 2. The Morgan fingerprint density at radius 1 is 1.42 bits per heavy atom. The maximum Gasteiger partial charge on any atom is 0.256 e. The fourth-order valence-electron chi connectivity index (χ4n) is 2.95. The number of fused-ring (bicyclic) bond motifs is 1. The minimum absolute atomic E-state index is 0.0261. The summed E-state index contributed by atoms with van der Waals surface area (Å²) >= 11 is 0. The molecule has 0 spiro atoms. The van der Waals surface area contributed by atoms with Crippen LogP contribution in [0.15, 0.2) is 30.6 Å². The Hall–Kier alpha value is -2.96. The molecule has 0 unspecified atom stereocenters. The Bertz CT molecular complexity index is 808. The molecular formula is C19H22N4O3. The van der Waals surface area contributed by atoms with Crippen molar-refractivity contribution in [1.82, 2.24) is 20.2 Å². The van der Waals surface area contributed by atoms with Crippen LogP contribution < -0.4 is 10.1 Å². The van der Waals surface area contributed by atoms with Crippen LogP contribution in [0.5, 0.6) is 5.88 Å². The van der Waals surface area contributed by atoms with Crippen molar-refractivity contribution in [3.05, 3.63) is 53.0 Å². The summed E-state index contributed by atoms with van der Waals surface area (Å²) in [6.07, 6.45) is 4.46. The lowest BCUT2D eigenvalue weighted by atomic mass is 10.1. The molecule has 0 bridgehead atoms.